The Labute approximate surface area is 101 Å². The Bertz CT molecular complexity index is 193. The molecule has 2 N–H and O–H groups in total. The molecule has 0 aliphatic heterocycles. The van der Waals surface area contributed by atoms with Gasteiger partial charge < -0.3 is 5.73 Å². The van der Waals surface area contributed by atoms with Crippen molar-refractivity contribution in [2.75, 3.05) is 19.6 Å². The molecule has 0 bridgehead atoms. The van der Waals surface area contributed by atoms with E-state index in [0.717, 1.165) is 18.4 Å². The van der Waals surface area contributed by atoms with Gasteiger partial charge in [0.25, 0.3) is 0 Å². The third kappa shape index (κ3) is 2.78. The highest BCUT2D eigenvalue weighted by Crippen LogP contribution is 2.37. The van der Waals surface area contributed by atoms with Gasteiger partial charge in [-0.2, -0.15) is 0 Å². The summed E-state index contributed by atoms with van der Waals surface area (Å²) in [6.07, 6.45) is 8.23. The molecule has 0 heterocycles. The molecule has 0 amide bonds. The van der Waals surface area contributed by atoms with Gasteiger partial charge in [-0.25, -0.2) is 0 Å². The van der Waals surface area contributed by atoms with Crippen LogP contribution in [0.15, 0.2) is 0 Å². The Morgan fingerprint density at radius 1 is 1.00 bits per heavy atom. The van der Waals surface area contributed by atoms with Gasteiger partial charge in [-0.15, -0.1) is 0 Å². The molecular weight excluding hydrogens is 196 g/mol. The molecule has 0 saturated heterocycles. The minimum atomic E-state index is 0.297. The Kier molecular flexibility index (Phi) is 3.91. The van der Waals surface area contributed by atoms with Gasteiger partial charge in [0.1, 0.15) is 0 Å². The zero-order chi connectivity index (χ0) is 11.6. The Balaban J connectivity index is 1.99. The third-order valence-electron chi connectivity index (χ3n) is 4.72. The minimum Gasteiger partial charge on any atom is -0.329 e. The van der Waals surface area contributed by atoms with Crippen LogP contribution in [0.1, 0.15) is 52.4 Å². The molecule has 2 heteroatoms. The molecule has 16 heavy (non-hydrogen) atoms. The normalized spacial score (nSPS) is 21.8. The van der Waals surface area contributed by atoms with Crippen LogP contribution in [-0.4, -0.2) is 30.1 Å². The average molecular weight is 224 g/mol. The first-order valence-corrected chi connectivity index (χ1v) is 7.19. The molecule has 2 saturated carbocycles. The van der Waals surface area contributed by atoms with E-state index in [4.69, 9.17) is 5.73 Å². The topological polar surface area (TPSA) is 29.3 Å². The van der Waals surface area contributed by atoms with Crippen molar-refractivity contribution in [2.24, 2.45) is 17.6 Å². The second kappa shape index (κ2) is 5.05. The molecule has 2 aliphatic rings. The lowest BCUT2D eigenvalue weighted by atomic mass is 9.90. The SMILES string of the molecule is CCC(CC)(CN)N(CC1CC1)CC1CC1. The van der Waals surface area contributed by atoms with E-state index in [1.165, 1.54) is 51.6 Å². The second-order valence-corrected chi connectivity index (χ2v) is 5.93. The van der Waals surface area contributed by atoms with Crippen molar-refractivity contribution in [2.45, 2.75) is 57.9 Å². The van der Waals surface area contributed by atoms with Crippen LogP contribution in [0.4, 0.5) is 0 Å². The highest BCUT2D eigenvalue weighted by molar-refractivity contribution is 4.94. The fourth-order valence-electron chi connectivity index (χ4n) is 2.80. The fourth-order valence-corrected chi connectivity index (χ4v) is 2.80. The van der Waals surface area contributed by atoms with Crippen molar-refractivity contribution in [1.29, 1.82) is 0 Å². The first-order valence-electron chi connectivity index (χ1n) is 7.19. The minimum absolute atomic E-state index is 0.297. The molecule has 0 unspecified atom stereocenters. The van der Waals surface area contributed by atoms with Crippen molar-refractivity contribution in [3.63, 3.8) is 0 Å². The summed E-state index contributed by atoms with van der Waals surface area (Å²) in [6.45, 7) is 8.08. The van der Waals surface area contributed by atoms with Gasteiger partial charge in [0, 0.05) is 25.2 Å². The summed E-state index contributed by atoms with van der Waals surface area (Å²) >= 11 is 0. The van der Waals surface area contributed by atoms with Crippen LogP contribution in [0.3, 0.4) is 0 Å². The van der Waals surface area contributed by atoms with E-state index >= 15 is 0 Å². The van der Waals surface area contributed by atoms with E-state index in [9.17, 15) is 0 Å². The van der Waals surface area contributed by atoms with Crippen LogP contribution in [0, 0.1) is 11.8 Å². The van der Waals surface area contributed by atoms with Crippen molar-refractivity contribution in [3.8, 4) is 0 Å². The van der Waals surface area contributed by atoms with Gasteiger partial charge in [-0.3, -0.25) is 4.90 Å². The summed E-state index contributed by atoms with van der Waals surface area (Å²) in [7, 11) is 0. The largest absolute Gasteiger partial charge is 0.329 e. The summed E-state index contributed by atoms with van der Waals surface area (Å²) in [4.78, 5) is 2.75. The first-order chi connectivity index (χ1) is 7.74. The summed E-state index contributed by atoms with van der Waals surface area (Å²) in [6, 6.07) is 0. The van der Waals surface area contributed by atoms with Crippen molar-refractivity contribution < 1.29 is 0 Å². The van der Waals surface area contributed by atoms with Crippen LogP contribution < -0.4 is 5.73 Å². The van der Waals surface area contributed by atoms with Gasteiger partial charge in [0.05, 0.1) is 0 Å². The molecule has 0 aromatic rings. The van der Waals surface area contributed by atoms with Crippen LogP contribution in [0.2, 0.25) is 0 Å². The van der Waals surface area contributed by atoms with Crippen LogP contribution in [0.5, 0.6) is 0 Å². The predicted octanol–water partition coefficient (Wildman–Crippen LogP) is 2.63. The van der Waals surface area contributed by atoms with E-state index in [1.54, 1.807) is 0 Å². The van der Waals surface area contributed by atoms with Gasteiger partial charge in [-0.1, -0.05) is 13.8 Å². The third-order valence-corrected chi connectivity index (χ3v) is 4.72. The number of hydrogen-bond donors (Lipinski definition) is 1. The Hall–Kier alpha value is -0.0800. The number of hydrogen-bond acceptors (Lipinski definition) is 2. The monoisotopic (exact) mass is 224 g/mol. The lowest BCUT2D eigenvalue weighted by Gasteiger charge is -2.43. The van der Waals surface area contributed by atoms with Crippen molar-refractivity contribution in [3.05, 3.63) is 0 Å². The van der Waals surface area contributed by atoms with Gasteiger partial charge >= 0.3 is 0 Å². The molecule has 0 spiro atoms. The van der Waals surface area contributed by atoms with Crippen molar-refractivity contribution >= 4 is 0 Å². The Morgan fingerprint density at radius 2 is 1.44 bits per heavy atom. The second-order valence-electron chi connectivity index (χ2n) is 5.93. The van der Waals surface area contributed by atoms with Crippen molar-refractivity contribution in [1.82, 2.24) is 4.90 Å². The van der Waals surface area contributed by atoms with E-state index in [1.807, 2.05) is 0 Å². The summed E-state index contributed by atoms with van der Waals surface area (Å²) < 4.78 is 0. The molecule has 2 aliphatic carbocycles. The van der Waals surface area contributed by atoms with Gasteiger partial charge in [-0.05, 0) is 50.4 Å². The number of nitrogens with two attached hydrogens (primary N) is 1. The molecule has 0 aromatic heterocycles. The van der Waals surface area contributed by atoms with Gasteiger partial charge in [0.2, 0.25) is 0 Å². The molecular formula is C14H28N2. The maximum absolute atomic E-state index is 6.08. The number of rotatable bonds is 8. The van der Waals surface area contributed by atoms with Crippen LogP contribution in [-0.2, 0) is 0 Å². The van der Waals surface area contributed by atoms with Gasteiger partial charge in [0.15, 0.2) is 0 Å². The lowest BCUT2D eigenvalue weighted by Crippen LogP contribution is -2.54. The van der Waals surface area contributed by atoms with E-state index in [-0.39, 0.29) is 0 Å². The highest BCUT2D eigenvalue weighted by atomic mass is 15.2. The Morgan fingerprint density at radius 3 is 1.69 bits per heavy atom. The summed E-state index contributed by atoms with van der Waals surface area (Å²) in [5, 5.41) is 0. The van der Waals surface area contributed by atoms with E-state index < -0.39 is 0 Å². The average Bonchev–Trinajstić information content (AvgIpc) is 3.16. The molecule has 0 aromatic carbocycles. The molecule has 2 nitrogen and oxygen atoms in total. The fraction of sp³-hybridized carbons (Fsp3) is 1.00. The highest BCUT2D eigenvalue weighted by Gasteiger charge is 2.38. The predicted molar refractivity (Wildman–Crippen MR) is 69.4 cm³/mol. The van der Waals surface area contributed by atoms with E-state index in [0.29, 0.717) is 5.54 Å². The lowest BCUT2D eigenvalue weighted by molar-refractivity contribution is 0.0743. The van der Waals surface area contributed by atoms with Crippen LogP contribution in [0.25, 0.3) is 0 Å². The molecule has 2 fully saturated rings. The maximum atomic E-state index is 6.08. The molecule has 0 radical (unpaired) electrons. The summed E-state index contributed by atoms with van der Waals surface area (Å²) in [5.74, 6) is 1.98. The molecule has 0 atom stereocenters. The summed E-state index contributed by atoms with van der Waals surface area (Å²) in [5.41, 5.74) is 6.38. The smallest absolute Gasteiger partial charge is 0.0326 e. The zero-order valence-electron chi connectivity index (χ0n) is 11.0. The van der Waals surface area contributed by atoms with E-state index in [2.05, 4.69) is 18.7 Å². The quantitative estimate of drug-likeness (QED) is 0.687. The molecule has 94 valence electrons. The maximum Gasteiger partial charge on any atom is 0.0326 e. The number of nitrogens with zero attached hydrogens (tertiary/aromatic N) is 1. The standard InChI is InChI=1S/C14H28N2/c1-3-14(4-2,11-15)16(9-12-5-6-12)10-13-7-8-13/h12-13H,3-11,15H2,1-2H3. The van der Waals surface area contributed by atoms with Crippen LogP contribution >= 0.6 is 0 Å². The molecule has 2 rings (SSSR count). The zero-order valence-corrected chi connectivity index (χ0v) is 11.0. The first kappa shape index (κ1) is 12.4.